The Morgan fingerprint density at radius 3 is 2.39 bits per heavy atom. The van der Waals surface area contributed by atoms with Crippen LogP contribution >= 0.6 is 0 Å². The second-order valence-corrected chi connectivity index (χ2v) is 9.57. The summed E-state index contributed by atoms with van der Waals surface area (Å²) >= 11 is 0. The van der Waals surface area contributed by atoms with Crippen LogP contribution in [0.2, 0.25) is 0 Å². The van der Waals surface area contributed by atoms with E-state index in [2.05, 4.69) is 5.32 Å². The molecule has 180 valence electrons. The molecule has 2 aromatic rings. The van der Waals surface area contributed by atoms with E-state index in [4.69, 9.17) is 9.47 Å². The molecule has 1 aliphatic heterocycles. The SMILES string of the molecule is COCCS(=O)(=O)c1ccc(C(=O)NCc2ccc(N3CCOCC3)cc2C(F)(F)F)cc1. The molecule has 2 aromatic carbocycles. The van der Waals surface area contributed by atoms with E-state index in [1.54, 1.807) is 6.07 Å². The van der Waals surface area contributed by atoms with Crippen molar-refractivity contribution in [1.29, 1.82) is 0 Å². The lowest BCUT2D eigenvalue weighted by atomic mass is 10.0. The van der Waals surface area contributed by atoms with Gasteiger partial charge in [0.05, 0.1) is 36.0 Å². The number of hydrogen-bond donors (Lipinski definition) is 1. The van der Waals surface area contributed by atoms with Gasteiger partial charge in [-0.05, 0) is 42.0 Å². The zero-order valence-corrected chi connectivity index (χ0v) is 18.8. The number of carbonyl (C=O) groups excluding carboxylic acids is 1. The molecule has 0 saturated carbocycles. The highest BCUT2D eigenvalue weighted by molar-refractivity contribution is 7.91. The lowest BCUT2D eigenvalue weighted by Crippen LogP contribution is -2.36. The largest absolute Gasteiger partial charge is 0.416 e. The van der Waals surface area contributed by atoms with Gasteiger partial charge in [0.1, 0.15) is 0 Å². The normalized spacial score (nSPS) is 14.8. The fourth-order valence-corrected chi connectivity index (χ4v) is 4.58. The first kappa shape index (κ1) is 25.0. The van der Waals surface area contributed by atoms with Crippen LogP contribution in [0.3, 0.4) is 0 Å². The fourth-order valence-electron chi connectivity index (χ4n) is 3.40. The van der Waals surface area contributed by atoms with Crippen LogP contribution < -0.4 is 10.2 Å². The molecule has 11 heteroatoms. The van der Waals surface area contributed by atoms with Crippen LogP contribution in [-0.2, 0) is 32.0 Å². The molecule has 0 bridgehead atoms. The van der Waals surface area contributed by atoms with Crippen LogP contribution in [0.4, 0.5) is 18.9 Å². The first-order valence-corrected chi connectivity index (χ1v) is 11.9. The van der Waals surface area contributed by atoms with E-state index >= 15 is 0 Å². The molecule has 0 radical (unpaired) electrons. The Morgan fingerprint density at radius 2 is 1.79 bits per heavy atom. The van der Waals surface area contributed by atoms with Crippen molar-refractivity contribution in [1.82, 2.24) is 5.32 Å². The van der Waals surface area contributed by atoms with Crippen molar-refractivity contribution in [3.8, 4) is 0 Å². The minimum absolute atomic E-state index is 0.0363. The predicted octanol–water partition coefficient (Wildman–Crippen LogP) is 2.89. The molecule has 0 unspecified atom stereocenters. The average Bonchev–Trinajstić information content (AvgIpc) is 2.81. The van der Waals surface area contributed by atoms with Crippen molar-refractivity contribution in [3.05, 3.63) is 59.2 Å². The Morgan fingerprint density at radius 1 is 1.12 bits per heavy atom. The highest BCUT2D eigenvalue weighted by atomic mass is 32.2. The number of carbonyl (C=O) groups is 1. The molecule has 1 amide bonds. The summed E-state index contributed by atoms with van der Waals surface area (Å²) in [6.07, 6.45) is -4.58. The summed E-state index contributed by atoms with van der Waals surface area (Å²) in [4.78, 5) is 14.3. The minimum Gasteiger partial charge on any atom is -0.384 e. The Bertz CT molecular complexity index is 1070. The predicted molar refractivity (Wildman–Crippen MR) is 116 cm³/mol. The molecule has 1 heterocycles. The molecule has 1 aliphatic rings. The number of sulfone groups is 1. The van der Waals surface area contributed by atoms with Crippen LogP contribution in [-0.4, -0.2) is 60.1 Å². The van der Waals surface area contributed by atoms with Crippen LogP contribution in [0.5, 0.6) is 0 Å². The number of anilines is 1. The summed E-state index contributed by atoms with van der Waals surface area (Å²) in [5.74, 6) is -0.809. The number of benzene rings is 2. The van der Waals surface area contributed by atoms with Gasteiger partial charge in [-0.25, -0.2) is 8.42 Å². The number of nitrogens with zero attached hydrogens (tertiary/aromatic N) is 1. The van der Waals surface area contributed by atoms with E-state index in [0.717, 1.165) is 6.07 Å². The van der Waals surface area contributed by atoms with E-state index < -0.39 is 27.5 Å². The first-order valence-electron chi connectivity index (χ1n) is 10.2. The number of alkyl halides is 3. The maximum atomic E-state index is 13.7. The van der Waals surface area contributed by atoms with Gasteiger partial charge >= 0.3 is 6.18 Å². The van der Waals surface area contributed by atoms with Gasteiger partial charge in [0, 0.05) is 38.0 Å². The van der Waals surface area contributed by atoms with Gasteiger partial charge in [0.25, 0.3) is 5.91 Å². The van der Waals surface area contributed by atoms with Gasteiger partial charge in [-0.1, -0.05) is 6.07 Å². The Labute approximate surface area is 190 Å². The standard InChI is InChI=1S/C22H25F3N2O5S/c1-31-12-13-33(29,30)19-6-3-16(4-7-19)21(28)26-15-17-2-5-18(14-20(17)22(23,24)25)27-8-10-32-11-9-27/h2-7,14H,8-13,15H2,1H3,(H,26,28). The zero-order chi connectivity index (χ0) is 24.1. The number of morpholine rings is 1. The average molecular weight is 487 g/mol. The lowest BCUT2D eigenvalue weighted by Gasteiger charge is -2.29. The lowest BCUT2D eigenvalue weighted by molar-refractivity contribution is -0.138. The number of amides is 1. The third kappa shape index (κ3) is 6.46. The first-order chi connectivity index (χ1) is 15.6. The van der Waals surface area contributed by atoms with Gasteiger partial charge < -0.3 is 19.7 Å². The molecule has 7 nitrogen and oxygen atoms in total. The molecule has 33 heavy (non-hydrogen) atoms. The van der Waals surface area contributed by atoms with Crippen molar-refractivity contribution in [2.24, 2.45) is 0 Å². The van der Waals surface area contributed by atoms with Crippen molar-refractivity contribution in [3.63, 3.8) is 0 Å². The number of rotatable bonds is 8. The third-order valence-electron chi connectivity index (χ3n) is 5.25. The Hall–Kier alpha value is -2.63. The molecule has 0 aromatic heterocycles. The molecular formula is C22H25F3N2O5S. The van der Waals surface area contributed by atoms with E-state index in [1.807, 2.05) is 4.90 Å². The van der Waals surface area contributed by atoms with E-state index in [1.165, 1.54) is 37.4 Å². The second kappa shape index (κ2) is 10.5. The van der Waals surface area contributed by atoms with Crippen molar-refractivity contribution in [2.45, 2.75) is 17.6 Å². The summed E-state index contributed by atoms with van der Waals surface area (Å²) in [6.45, 7) is 1.62. The maximum absolute atomic E-state index is 13.7. The van der Waals surface area contributed by atoms with Crippen LogP contribution in [0, 0.1) is 0 Å². The Kier molecular flexibility index (Phi) is 7.98. The molecule has 0 aliphatic carbocycles. The summed E-state index contributed by atoms with van der Waals surface area (Å²) < 4.78 is 75.3. The fraction of sp³-hybridized carbons (Fsp3) is 0.409. The van der Waals surface area contributed by atoms with Gasteiger partial charge in [-0.3, -0.25) is 4.79 Å². The van der Waals surface area contributed by atoms with E-state index in [-0.39, 0.29) is 34.9 Å². The highest BCUT2D eigenvalue weighted by Gasteiger charge is 2.34. The minimum atomic E-state index is -4.58. The third-order valence-corrected chi connectivity index (χ3v) is 6.94. The van der Waals surface area contributed by atoms with Gasteiger partial charge in [-0.15, -0.1) is 0 Å². The van der Waals surface area contributed by atoms with Crippen LogP contribution in [0.1, 0.15) is 21.5 Å². The van der Waals surface area contributed by atoms with Crippen LogP contribution in [0.25, 0.3) is 0 Å². The van der Waals surface area contributed by atoms with Gasteiger partial charge in [0.2, 0.25) is 0 Å². The monoisotopic (exact) mass is 486 g/mol. The summed E-state index contributed by atoms with van der Waals surface area (Å²) in [5.41, 5.74) is -0.289. The number of hydrogen-bond acceptors (Lipinski definition) is 6. The number of halogens is 3. The molecule has 0 atom stereocenters. The summed E-state index contributed by atoms with van der Waals surface area (Å²) in [6, 6.07) is 9.27. The smallest absolute Gasteiger partial charge is 0.384 e. The van der Waals surface area contributed by atoms with E-state index in [9.17, 15) is 26.4 Å². The molecular weight excluding hydrogens is 461 g/mol. The molecule has 0 spiro atoms. The van der Waals surface area contributed by atoms with Crippen LogP contribution in [0.15, 0.2) is 47.4 Å². The maximum Gasteiger partial charge on any atom is 0.416 e. The number of methoxy groups -OCH3 is 1. The molecule has 1 fully saturated rings. The quantitative estimate of drug-likeness (QED) is 0.618. The van der Waals surface area contributed by atoms with Gasteiger partial charge in [-0.2, -0.15) is 13.2 Å². The second-order valence-electron chi connectivity index (χ2n) is 7.46. The summed E-state index contributed by atoms with van der Waals surface area (Å²) in [7, 11) is -2.16. The van der Waals surface area contributed by atoms with Crippen molar-refractivity contribution >= 4 is 21.4 Å². The van der Waals surface area contributed by atoms with Gasteiger partial charge in [0.15, 0.2) is 9.84 Å². The topological polar surface area (TPSA) is 84.9 Å². The number of nitrogens with one attached hydrogen (secondary N) is 1. The highest BCUT2D eigenvalue weighted by Crippen LogP contribution is 2.35. The molecule has 1 N–H and O–H groups in total. The summed E-state index contributed by atoms with van der Waals surface area (Å²) in [5, 5.41) is 2.48. The molecule has 3 rings (SSSR count). The van der Waals surface area contributed by atoms with Crippen molar-refractivity contribution in [2.75, 3.05) is 50.7 Å². The molecule has 1 saturated heterocycles. The zero-order valence-electron chi connectivity index (χ0n) is 18.0. The Balaban J connectivity index is 1.71. The number of ether oxygens (including phenoxy) is 2. The van der Waals surface area contributed by atoms with Crippen molar-refractivity contribution < 1.29 is 35.9 Å². The van der Waals surface area contributed by atoms with E-state index in [0.29, 0.717) is 32.0 Å².